The highest BCUT2D eigenvalue weighted by Crippen LogP contribution is 2.37. The number of carbonyl (C=O) groups is 4. The summed E-state index contributed by atoms with van der Waals surface area (Å²) < 4.78 is 33.6. The van der Waals surface area contributed by atoms with Crippen molar-refractivity contribution in [2.45, 2.75) is 90.6 Å². The highest BCUT2D eigenvalue weighted by molar-refractivity contribution is 6.74. The summed E-state index contributed by atoms with van der Waals surface area (Å²) in [5.41, 5.74) is -0.477. The second kappa shape index (κ2) is 16.7. The number of likely N-dealkylation sites (tertiary alicyclic amines) is 1. The zero-order valence-corrected chi connectivity index (χ0v) is 31.6. The molecule has 2 unspecified atom stereocenters. The third kappa shape index (κ3) is 11.3. The zero-order valence-electron chi connectivity index (χ0n) is 30.6. The van der Waals surface area contributed by atoms with E-state index in [4.69, 9.17) is 28.1 Å². The van der Waals surface area contributed by atoms with E-state index in [9.17, 15) is 19.2 Å². The van der Waals surface area contributed by atoms with E-state index in [1.807, 2.05) is 20.8 Å². The average molecular weight is 700 g/mol. The van der Waals surface area contributed by atoms with Crippen LogP contribution in [0.1, 0.15) is 71.2 Å². The minimum Gasteiger partial charge on any atom is -0.497 e. The van der Waals surface area contributed by atoms with Gasteiger partial charge in [-0.05, 0) is 113 Å². The van der Waals surface area contributed by atoms with Crippen molar-refractivity contribution in [1.82, 2.24) is 4.90 Å². The van der Waals surface area contributed by atoms with Crippen molar-refractivity contribution < 1.29 is 47.3 Å². The average Bonchev–Trinajstić information content (AvgIpc) is 3.04. The maximum absolute atomic E-state index is 13.9. The fourth-order valence-electron chi connectivity index (χ4n) is 5.15. The molecule has 270 valence electrons. The lowest BCUT2D eigenvalue weighted by atomic mass is 9.82. The van der Waals surface area contributed by atoms with Crippen LogP contribution in [0.25, 0.3) is 0 Å². The number of piperidine rings is 1. The summed E-state index contributed by atoms with van der Waals surface area (Å²) in [4.78, 5) is 54.7. The van der Waals surface area contributed by atoms with Crippen LogP contribution in [0.15, 0.2) is 48.5 Å². The molecule has 2 atom stereocenters. The molecular formula is C37H53NO10Si. The molecule has 0 aromatic heterocycles. The summed E-state index contributed by atoms with van der Waals surface area (Å²) in [6.45, 7) is 17.3. The van der Waals surface area contributed by atoms with Crippen LogP contribution in [0.2, 0.25) is 18.1 Å². The van der Waals surface area contributed by atoms with Gasteiger partial charge in [0.25, 0.3) is 6.10 Å². The number of Topliss-reactive ketones (excluding diaryl/α,β-unsaturated/α-hetero) is 1. The Labute approximate surface area is 291 Å². The molecule has 0 saturated carbocycles. The highest BCUT2D eigenvalue weighted by atomic mass is 28.4. The van der Waals surface area contributed by atoms with E-state index in [1.165, 1.54) is 12.1 Å². The Morgan fingerprint density at radius 3 is 1.84 bits per heavy atom. The SMILES string of the molecule is COC(=O)C(OC(=O)C(CCO[Si](C)(C)C(C)(C)C)C1CCN(C(=O)OC(C)(C)C)CC1)C(=O)c1ccc(Oc2ccc(OC)cc2)cc1. The minimum absolute atomic E-state index is 0.0284. The molecule has 0 spiro atoms. The second-order valence-electron chi connectivity index (χ2n) is 14.8. The first-order chi connectivity index (χ1) is 22.8. The monoisotopic (exact) mass is 699 g/mol. The smallest absolute Gasteiger partial charge is 0.410 e. The lowest BCUT2D eigenvalue weighted by Crippen LogP contribution is -2.45. The van der Waals surface area contributed by atoms with Crippen LogP contribution in [0.4, 0.5) is 4.79 Å². The maximum atomic E-state index is 13.9. The fourth-order valence-corrected chi connectivity index (χ4v) is 6.21. The van der Waals surface area contributed by atoms with Crippen molar-refractivity contribution in [1.29, 1.82) is 0 Å². The van der Waals surface area contributed by atoms with Crippen LogP contribution in [0, 0.1) is 11.8 Å². The van der Waals surface area contributed by atoms with Crippen molar-refractivity contribution in [3.63, 3.8) is 0 Å². The van der Waals surface area contributed by atoms with Gasteiger partial charge in [0.1, 0.15) is 22.8 Å². The molecule has 1 fully saturated rings. The third-order valence-electron chi connectivity index (χ3n) is 9.08. The van der Waals surface area contributed by atoms with Gasteiger partial charge in [0.2, 0.25) is 5.78 Å². The van der Waals surface area contributed by atoms with Gasteiger partial charge in [-0.2, -0.15) is 0 Å². The van der Waals surface area contributed by atoms with Crippen LogP contribution in [0.3, 0.4) is 0 Å². The van der Waals surface area contributed by atoms with Gasteiger partial charge in [0.15, 0.2) is 8.32 Å². The summed E-state index contributed by atoms with van der Waals surface area (Å²) in [5, 5.41) is -0.0284. The van der Waals surface area contributed by atoms with E-state index in [-0.39, 0.29) is 16.5 Å². The minimum atomic E-state index is -2.12. The lowest BCUT2D eigenvalue weighted by Gasteiger charge is -2.38. The molecule has 1 aliphatic heterocycles. The van der Waals surface area contributed by atoms with Crippen molar-refractivity contribution in [2.75, 3.05) is 33.9 Å². The van der Waals surface area contributed by atoms with Gasteiger partial charge in [-0.3, -0.25) is 9.59 Å². The number of benzene rings is 2. The summed E-state index contributed by atoms with van der Waals surface area (Å²) in [5.74, 6) is -1.50. The van der Waals surface area contributed by atoms with E-state index in [0.29, 0.717) is 56.2 Å². The molecule has 49 heavy (non-hydrogen) atoms. The van der Waals surface area contributed by atoms with Crippen LogP contribution in [0.5, 0.6) is 17.2 Å². The number of methoxy groups -OCH3 is 2. The Morgan fingerprint density at radius 1 is 0.816 bits per heavy atom. The summed E-state index contributed by atoms with van der Waals surface area (Å²) in [7, 11) is 0.592. The van der Waals surface area contributed by atoms with E-state index in [0.717, 1.165) is 7.11 Å². The van der Waals surface area contributed by atoms with Crippen LogP contribution < -0.4 is 9.47 Å². The number of hydrogen-bond donors (Lipinski definition) is 0. The van der Waals surface area contributed by atoms with Crippen LogP contribution >= 0.6 is 0 Å². The Balaban J connectivity index is 1.77. The largest absolute Gasteiger partial charge is 0.497 e. The van der Waals surface area contributed by atoms with Gasteiger partial charge >= 0.3 is 18.0 Å². The van der Waals surface area contributed by atoms with Crippen LogP contribution in [-0.2, 0) is 28.2 Å². The lowest BCUT2D eigenvalue weighted by molar-refractivity contribution is -0.167. The summed E-state index contributed by atoms with van der Waals surface area (Å²) in [6.07, 6.45) is -0.821. The number of carbonyl (C=O) groups excluding carboxylic acids is 4. The zero-order chi connectivity index (χ0) is 36.6. The van der Waals surface area contributed by atoms with Crippen molar-refractivity contribution in [3.8, 4) is 17.2 Å². The molecule has 3 rings (SSSR count). The number of ketones is 1. The second-order valence-corrected chi connectivity index (χ2v) is 19.6. The molecule has 1 amide bonds. The number of nitrogens with zero attached hydrogens (tertiary/aromatic N) is 1. The van der Waals surface area contributed by atoms with Gasteiger partial charge < -0.3 is 33.0 Å². The van der Waals surface area contributed by atoms with Gasteiger partial charge in [0, 0.05) is 25.3 Å². The first kappa shape index (κ1) is 39.5. The molecule has 0 N–H and O–H groups in total. The quantitative estimate of drug-likeness (QED) is 0.0685. The summed E-state index contributed by atoms with van der Waals surface area (Å²) >= 11 is 0. The van der Waals surface area contributed by atoms with Crippen molar-refractivity contribution in [2.24, 2.45) is 11.8 Å². The highest BCUT2D eigenvalue weighted by Gasteiger charge is 2.41. The molecular weight excluding hydrogens is 646 g/mol. The predicted octanol–water partition coefficient (Wildman–Crippen LogP) is 7.43. The topological polar surface area (TPSA) is 127 Å². The number of esters is 2. The van der Waals surface area contributed by atoms with Gasteiger partial charge in [0.05, 0.1) is 20.1 Å². The fraction of sp³-hybridized carbons (Fsp3) is 0.568. The van der Waals surface area contributed by atoms with E-state index >= 15 is 0 Å². The molecule has 1 aliphatic rings. The molecule has 12 heteroatoms. The number of ether oxygens (including phenoxy) is 5. The first-order valence-corrected chi connectivity index (χ1v) is 19.6. The molecule has 1 saturated heterocycles. The van der Waals surface area contributed by atoms with E-state index < -0.39 is 49.8 Å². The Kier molecular flexibility index (Phi) is 13.4. The van der Waals surface area contributed by atoms with Gasteiger partial charge in [-0.15, -0.1) is 0 Å². The molecule has 1 heterocycles. The van der Waals surface area contributed by atoms with Crippen molar-refractivity contribution >= 4 is 32.1 Å². The number of hydrogen-bond acceptors (Lipinski definition) is 10. The van der Waals surface area contributed by atoms with Crippen LogP contribution in [-0.4, -0.2) is 82.7 Å². The Morgan fingerprint density at radius 2 is 1.35 bits per heavy atom. The van der Waals surface area contributed by atoms with E-state index in [1.54, 1.807) is 48.4 Å². The molecule has 0 radical (unpaired) electrons. The Hall–Kier alpha value is -3.90. The number of amides is 1. The Bertz CT molecular complexity index is 1420. The third-order valence-corrected chi connectivity index (χ3v) is 13.6. The molecule has 0 aliphatic carbocycles. The van der Waals surface area contributed by atoms with Gasteiger partial charge in [-0.1, -0.05) is 20.8 Å². The van der Waals surface area contributed by atoms with Gasteiger partial charge in [-0.25, -0.2) is 9.59 Å². The molecule has 2 aromatic rings. The maximum Gasteiger partial charge on any atom is 0.410 e. The molecule has 11 nitrogen and oxygen atoms in total. The molecule has 2 aromatic carbocycles. The summed E-state index contributed by atoms with van der Waals surface area (Å²) in [6, 6.07) is 13.2. The van der Waals surface area contributed by atoms with Crippen molar-refractivity contribution in [3.05, 3.63) is 54.1 Å². The normalized spacial score (nSPS) is 15.5. The molecule has 0 bridgehead atoms. The van der Waals surface area contributed by atoms with E-state index in [2.05, 4.69) is 33.9 Å². The standard InChI is InChI=1S/C37H53NO10Si/c1-36(2,3)48-35(42)38-22-19-25(20-23-38)30(21-24-45-49(9,10)37(4,5)6)33(40)47-32(34(41)44-8)31(39)26-11-13-28(14-12-26)46-29-17-15-27(43-7)16-18-29/h11-18,25,30,32H,19-24H2,1-10H3. The number of rotatable bonds is 13. The predicted molar refractivity (Wildman–Crippen MR) is 188 cm³/mol. The first-order valence-electron chi connectivity index (χ1n) is 16.7.